The maximum absolute atomic E-state index is 13.9. The Morgan fingerprint density at radius 3 is 1.97 bits per heavy atom. The molecule has 0 aromatic heterocycles. The minimum Gasteiger partial charge on any atom is -0.459 e. The molecule has 12 nitrogen and oxygen atoms in total. The van der Waals surface area contributed by atoms with Crippen LogP contribution in [0.2, 0.25) is 0 Å². The first kappa shape index (κ1) is 59.2. The molecule has 0 aliphatic carbocycles. The molecule has 2 aromatic carbocycles. The number of anilines is 1. The average Bonchev–Trinajstić information content (AvgIpc) is 3.23. The second-order valence-electron chi connectivity index (χ2n) is 19.3. The van der Waals surface area contributed by atoms with E-state index in [2.05, 4.69) is 39.9 Å². The van der Waals surface area contributed by atoms with E-state index in [0.29, 0.717) is 24.1 Å². The van der Waals surface area contributed by atoms with Gasteiger partial charge in [0, 0.05) is 25.0 Å². The normalized spacial score (nSPS) is 35.1. The number of carbonyl (C=O) groups is 2. The van der Waals surface area contributed by atoms with Gasteiger partial charge in [0.2, 0.25) is 0 Å². The van der Waals surface area contributed by atoms with Crippen molar-refractivity contribution >= 4 is 28.5 Å². The molecule has 0 bridgehead atoms. The van der Waals surface area contributed by atoms with E-state index in [1.54, 1.807) is 40.7 Å². The number of carbonyl (C=O) groups excluding carboxylic acids is 2. The number of cyclic esters (lactones) is 1. The van der Waals surface area contributed by atoms with Crippen molar-refractivity contribution < 1.29 is 49.3 Å². The number of nitrogens with one attached hydrogen (secondary N) is 1. The van der Waals surface area contributed by atoms with Crippen LogP contribution in [0.3, 0.4) is 0 Å². The highest BCUT2D eigenvalue weighted by atomic mass is 16.6. The Balaban J connectivity index is 0.000000719. The molecule has 0 radical (unpaired) electrons. The first-order valence-electron chi connectivity index (χ1n) is 24.5. The molecule has 3 saturated heterocycles. The van der Waals surface area contributed by atoms with Crippen molar-refractivity contribution in [3.8, 4) is 0 Å². The van der Waals surface area contributed by atoms with Crippen molar-refractivity contribution in [3.63, 3.8) is 0 Å². The number of urea groups is 1. The third kappa shape index (κ3) is 19.2. The summed E-state index contributed by atoms with van der Waals surface area (Å²) < 4.78 is 16.2. The number of rotatable bonds is 3. The van der Waals surface area contributed by atoms with E-state index in [4.69, 9.17) is 19.3 Å². The summed E-state index contributed by atoms with van der Waals surface area (Å²) >= 11 is 0. The Kier molecular flexibility index (Phi) is 26.8. The molecule has 0 spiro atoms. The van der Waals surface area contributed by atoms with Crippen LogP contribution in [-0.2, 0) is 19.0 Å². The number of benzene rings is 2. The molecule has 2 amide bonds. The zero-order valence-corrected chi connectivity index (χ0v) is 42.5. The third-order valence-corrected chi connectivity index (χ3v) is 12.6. The molecule has 8 unspecified atom stereocenters. The molecule has 6 N–H and O–H groups in total. The largest absolute Gasteiger partial charge is 0.459 e. The van der Waals surface area contributed by atoms with Crippen molar-refractivity contribution in [2.75, 3.05) is 18.5 Å². The summed E-state index contributed by atoms with van der Waals surface area (Å²) in [5.41, 5.74) is -2.50. The van der Waals surface area contributed by atoms with Gasteiger partial charge >= 0.3 is 12.0 Å². The number of nitrogens with zero attached hydrogens (tertiary/aromatic N) is 1. The van der Waals surface area contributed by atoms with E-state index in [1.165, 1.54) is 31.1 Å². The Bertz CT molecular complexity index is 1580. The maximum Gasteiger partial charge on any atom is 0.322 e. The molecule has 5 rings (SSSR count). The summed E-state index contributed by atoms with van der Waals surface area (Å²) in [6.07, 6.45) is 4.16. The molecule has 3 aliphatic heterocycles. The topological polar surface area (TPSA) is 178 Å². The summed E-state index contributed by atoms with van der Waals surface area (Å²) in [6.45, 7) is 29.7. The van der Waals surface area contributed by atoms with E-state index in [-0.39, 0.29) is 31.4 Å². The zero-order chi connectivity index (χ0) is 48.9. The molecular weight excluding hydrogens is 813 g/mol. The lowest BCUT2D eigenvalue weighted by Crippen LogP contribution is -2.61. The van der Waals surface area contributed by atoms with Crippen molar-refractivity contribution in [1.82, 2.24) is 4.90 Å². The standard InChI is InChI=1S/C32H48N2O7.C8H16O2.C7H14O.C3H8.C2H6/c1-8-26-32(7,40)28(36)22(5)34(30(38)33-25-15-11-13-23-12-9-10-14-24(23)25)18-19(2)16-31(6,39)17-20(3)27(35)21(4)29(37)41-26;1-3-7-4-6(2)10-8(9)5-7;1-6-3-4-8-7(2)5-6;1-3-2;1-2/h9-15,19-22,26-28,35-36,39-40H,8,16-18H2,1-7H3,(H,33,38);6-9H,3-5H2,1-2H3;6-7H,3-5H2,1-2H3;3H2,1-2H3;1-2H3/t19-,20-,21?,22?,26-,27+,28?,31-,32-;;;;/m1..../s1. The molecule has 14 atom stereocenters. The second kappa shape index (κ2) is 29.0. The monoisotopic (exact) mass is 905 g/mol. The van der Waals surface area contributed by atoms with Crippen molar-refractivity contribution in [2.45, 2.75) is 216 Å². The number of aliphatic hydroxyl groups is 5. The van der Waals surface area contributed by atoms with Gasteiger partial charge in [-0.1, -0.05) is 112 Å². The Morgan fingerprint density at radius 1 is 0.812 bits per heavy atom. The van der Waals surface area contributed by atoms with Crippen LogP contribution in [0.5, 0.6) is 0 Å². The van der Waals surface area contributed by atoms with E-state index < -0.39 is 65.7 Å². The van der Waals surface area contributed by atoms with E-state index in [9.17, 15) is 30.0 Å². The SMILES string of the molecule is CC.CC1CCOC(C)C1.CCC.CCC1CC(C)OC(O)C1.CC[C@H]1OC(=O)C(C)[C@@H](O)[C@H](C)C[C@](C)(O)C[C@@H](C)CN(C(=O)Nc2cccc3ccccc23)C(C)C(O)[C@]1(C)O. The molecule has 64 heavy (non-hydrogen) atoms. The van der Waals surface area contributed by atoms with Gasteiger partial charge in [-0.25, -0.2) is 4.79 Å². The first-order chi connectivity index (χ1) is 30.0. The lowest BCUT2D eigenvalue weighted by atomic mass is 9.81. The molecule has 3 aliphatic rings. The number of hydrogen-bond donors (Lipinski definition) is 6. The predicted octanol–water partition coefficient (Wildman–Crippen LogP) is 10.1. The van der Waals surface area contributed by atoms with Gasteiger partial charge in [0.15, 0.2) is 6.29 Å². The number of fused-ring (bicyclic) bond motifs is 1. The van der Waals surface area contributed by atoms with Crippen LogP contribution in [0.15, 0.2) is 42.5 Å². The van der Waals surface area contributed by atoms with Crippen molar-refractivity contribution in [2.24, 2.45) is 29.6 Å². The number of hydrogen-bond acceptors (Lipinski definition) is 10. The van der Waals surface area contributed by atoms with Gasteiger partial charge in [-0.15, -0.1) is 0 Å². The highest BCUT2D eigenvalue weighted by molar-refractivity contribution is 6.01. The van der Waals surface area contributed by atoms with Gasteiger partial charge in [0.25, 0.3) is 0 Å². The summed E-state index contributed by atoms with van der Waals surface area (Å²) in [5, 5.41) is 59.2. The van der Waals surface area contributed by atoms with Gasteiger partial charge in [-0.3, -0.25) is 4.79 Å². The summed E-state index contributed by atoms with van der Waals surface area (Å²) in [6, 6.07) is 11.9. The van der Waals surface area contributed by atoms with E-state index >= 15 is 0 Å². The van der Waals surface area contributed by atoms with Gasteiger partial charge < -0.3 is 50.0 Å². The molecule has 2 aromatic rings. The van der Waals surface area contributed by atoms with Gasteiger partial charge in [0.1, 0.15) is 17.8 Å². The van der Waals surface area contributed by atoms with Crippen LogP contribution >= 0.6 is 0 Å². The predicted molar refractivity (Wildman–Crippen MR) is 260 cm³/mol. The first-order valence-corrected chi connectivity index (χ1v) is 24.5. The highest BCUT2D eigenvalue weighted by Crippen LogP contribution is 2.33. The molecule has 3 fully saturated rings. The van der Waals surface area contributed by atoms with E-state index in [0.717, 1.165) is 42.6 Å². The average molecular weight is 905 g/mol. The lowest BCUT2D eigenvalue weighted by Gasteiger charge is -2.43. The molecule has 370 valence electrons. The maximum atomic E-state index is 13.9. The number of ether oxygens (including phenoxy) is 3. The van der Waals surface area contributed by atoms with Gasteiger partial charge in [-0.2, -0.15) is 0 Å². The number of amides is 2. The Labute approximate surface area is 387 Å². The molecule has 0 saturated carbocycles. The minimum atomic E-state index is -1.91. The van der Waals surface area contributed by atoms with Crippen LogP contribution in [0.25, 0.3) is 10.8 Å². The number of aliphatic hydroxyl groups excluding tert-OH is 3. The zero-order valence-electron chi connectivity index (χ0n) is 42.5. The molecular formula is C52H92N2O10. The summed E-state index contributed by atoms with van der Waals surface area (Å²) in [4.78, 5) is 28.4. The van der Waals surface area contributed by atoms with Crippen LogP contribution in [0.1, 0.15) is 162 Å². The van der Waals surface area contributed by atoms with Crippen LogP contribution in [0, 0.1) is 29.6 Å². The second-order valence-corrected chi connectivity index (χ2v) is 19.3. The Hall–Kier alpha value is -2.84. The van der Waals surface area contributed by atoms with Crippen LogP contribution in [0.4, 0.5) is 10.5 Å². The fourth-order valence-corrected chi connectivity index (χ4v) is 9.14. The fourth-order valence-electron chi connectivity index (χ4n) is 9.14. The fraction of sp³-hybridized carbons (Fsp3) is 0.769. The molecule has 3 heterocycles. The van der Waals surface area contributed by atoms with Crippen molar-refractivity contribution in [1.29, 1.82) is 0 Å². The Morgan fingerprint density at radius 2 is 1.42 bits per heavy atom. The summed E-state index contributed by atoms with van der Waals surface area (Å²) in [7, 11) is 0. The third-order valence-electron chi connectivity index (χ3n) is 12.6. The summed E-state index contributed by atoms with van der Waals surface area (Å²) in [5.74, 6) is -0.705. The smallest absolute Gasteiger partial charge is 0.322 e. The van der Waals surface area contributed by atoms with E-state index in [1.807, 2.05) is 64.1 Å². The number of esters is 1. The molecule has 12 heteroatoms. The lowest BCUT2D eigenvalue weighted by molar-refractivity contribution is -0.191. The highest BCUT2D eigenvalue weighted by Gasteiger charge is 2.47. The van der Waals surface area contributed by atoms with Crippen LogP contribution < -0.4 is 5.32 Å². The van der Waals surface area contributed by atoms with Gasteiger partial charge in [-0.05, 0) is 115 Å². The van der Waals surface area contributed by atoms with Crippen molar-refractivity contribution in [3.05, 3.63) is 42.5 Å². The quantitative estimate of drug-likeness (QED) is 0.163. The minimum absolute atomic E-state index is 0.172. The van der Waals surface area contributed by atoms with Crippen LogP contribution in [-0.4, -0.2) is 110 Å². The van der Waals surface area contributed by atoms with Gasteiger partial charge in [0.05, 0.1) is 41.6 Å².